The molecule has 4 nitrogen and oxygen atoms in total. The summed E-state index contributed by atoms with van der Waals surface area (Å²) in [5.74, 6) is -0.112. The quantitative estimate of drug-likeness (QED) is 0.778. The van der Waals surface area contributed by atoms with E-state index in [4.69, 9.17) is 5.73 Å². The lowest BCUT2D eigenvalue weighted by molar-refractivity contribution is 0.0959. The van der Waals surface area contributed by atoms with Crippen molar-refractivity contribution in [1.82, 2.24) is 10.3 Å². The third kappa shape index (κ3) is 2.52. The van der Waals surface area contributed by atoms with E-state index in [1.54, 1.807) is 16.8 Å². The number of benzene rings is 1. The third-order valence-corrected chi connectivity index (χ3v) is 4.81. The van der Waals surface area contributed by atoms with E-state index in [0.717, 1.165) is 22.2 Å². The number of nitrogens with one attached hydrogen (secondary N) is 1. The van der Waals surface area contributed by atoms with Crippen molar-refractivity contribution in [3.8, 4) is 0 Å². The van der Waals surface area contributed by atoms with Gasteiger partial charge in [-0.15, -0.1) is 22.7 Å². The van der Waals surface area contributed by atoms with Gasteiger partial charge in [0.2, 0.25) is 0 Å². The fourth-order valence-corrected chi connectivity index (χ4v) is 3.61. The van der Waals surface area contributed by atoms with Gasteiger partial charge in [0.25, 0.3) is 5.91 Å². The third-order valence-electron chi connectivity index (χ3n) is 2.99. The summed E-state index contributed by atoms with van der Waals surface area (Å²) in [6.07, 6.45) is 0.736. The number of thiazole rings is 1. The maximum absolute atomic E-state index is 12.2. The lowest BCUT2D eigenvalue weighted by Crippen LogP contribution is -2.25. The summed E-state index contributed by atoms with van der Waals surface area (Å²) in [6, 6.07) is 7.78. The second-order valence-electron chi connectivity index (χ2n) is 4.33. The molecule has 1 amide bonds. The van der Waals surface area contributed by atoms with E-state index in [1.165, 1.54) is 11.3 Å². The number of nitrogens with two attached hydrogens (primary N) is 1. The average Bonchev–Trinajstić information content (AvgIpc) is 3.08. The first-order chi connectivity index (χ1) is 9.75. The summed E-state index contributed by atoms with van der Waals surface area (Å²) >= 11 is 2.99. The van der Waals surface area contributed by atoms with Gasteiger partial charge in [-0.25, -0.2) is 4.98 Å². The lowest BCUT2D eigenvalue weighted by Gasteiger charge is -2.02. The van der Waals surface area contributed by atoms with Crippen molar-refractivity contribution in [2.24, 2.45) is 0 Å². The highest BCUT2D eigenvalue weighted by atomic mass is 32.1. The van der Waals surface area contributed by atoms with Gasteiger partial charge in [0.15, 0.2) is 0 Å². The zero-order valence-corrected chi connectivity index (χ0v) is 12.3. The molecule has 0 atom stereocenters. The standard InChI is InChI=1S/C14H13N3OS2/c15-12-10-3-1-2-4-11(10)20-13(12)14(18)16-6-5-9-7-19-8-17-9/h1-4,7-8H,5-6,15H2,(H,16,18). The number of rotatable bonds is 4. The molecule has 2 heterocycles. The molecule has 0 saturated heterocycles. The Labute approximate surface area is 124 Å². The van der Waals surface area contributed by atoms with Gasteiger partial charge in [-0.05, 0) is 6.07 Å². The van der Waals surface area contributed by atoms with E-state index in [-0.39, 0.29) is 5.91 Å². The monoisotopic (exact) mass is 303 g/mol. The highest BCUT2D eigenvalue weighted by Crippen LogP contribution is 2.33. The van der Waals surface area contributed by atoms with E-state index in [9.17, 15) is 4.79 Å². The molecule has 1 aromatic carbocycles. The number of amides is 1. The molecule has 0 aliphatic carbocycles. The Balaban J connectivity index is 1.71. The van der Waals surface area contributed by atoms with Crippen LogP contribution in [0.3, 0.4) is 0 Å². The highest BCUT2D eigenvalue weighted by molar-refractivity contribution is 7.21. The molecule has 0 aliphatic heterocycles. The van der Waals surface area contributed by atoms with Gasteiger partial charge < -0.3 is 11.1 Å². The molecule has 2 aromatic heterocycles. The lowest BCUT2D eigenvalue weighted by atomic mass is 10.2. The molecule has 3 aromatic rings. The van der Waals surface area contributed by atoms with Crippen molar-refractivity contribution in [2.45, 2.75) is 6.42 Å². The largest absolute Gasteiger partial charge is 0.397 e. The highest BCUT2D eigenvalue weighted by Gasteiger charge is 2.15. The van der Waals surface area contributed by atoms with Crippen LogP contribution in [0.25, 0.3) is 10.1 Å². The Morgan fingerprint density at radius 1 is 1.35 bits per heavy atom. The molecule has 3 rings (SSSR count). The molecule has 0 fully saturated rings. The predicted molar refractivity (Wildman–Crippen MR) is 84.4 cm³/mol. The van der Waals surface area contributed by atoms with Crippen LogP contribution >= 0.6 is 22.7 Å². The zero-order chi connectivity index (χ0) is 13.9. The topological polar surface area (TPSA) is 68.0 Å². The smallest absolute Gasteiger partial charge is 0.263 e. The van der Waals surface area contributed by atoms with Crippen LogP contribution in [0.4, 0.5) is 5.69 Å². The first-order valence-electron chi connectivity index (χ1n) is 6.18. The Hall–Kier alpha value is -1.92. The van der Waals surface area contributed by atoms with Gasteiger partial charge in [-0.1, -0.05) is 18.2 Å². The fraction of sp³-hybridized carbons (Fsp3) is 0.143. The molecule has 0 saturated carbocycles. The van der Waals surface area contributed by atoms with Crippen molar-refractivity contribution >= 4 is 44.4 Å². The van der Waals surface area contributed by atoms with Crippen LogP contribution < -0.4 is 11.1 Å². The van der Waals surface area contributed by atoms with Crippen molar-refractivity contribution in [1.29, 1.82) is 0 Å². The van der Waals surface area contributed by atoms with Crippen LogP contribution in [0.1, 0.15) is 15.4 Å². The minimum absolute atomic E-state index is 0.112. The first kappa shape index (κ1) is 13.1. The van der Waals surface area contributed by atoms with Gasteiger partial charge in [0.05, 0.1) is 16.9 Å². The van der Waals surface area contributed by atoms with Crippen LogP contribution in [-0.4, -0.2) is 17.4 Å². The molecule has 0 bridgehead atoms. The Bertz CT molecular complexity index is 734. The number of aromatic nitrogens is 1. The first-order valence-corrected chi connectivity index (χ1v) is 7.94. The van der Waals surface area contributed by atoms with Crippen molar-refractivity contribution in [3.63, 3.8) is 0 Å². The molecule has 20 heavy (non-hydrogen) atoms. The van der Waals surface area contributed by atoms with Crippen LogP contribution in [0.5, 0.6) is 0 Å². The molecule has 0 spiro atoms. The number of nitrogen functional groups attached to an aromatic ring is 1. The van der Waals surface area contributed by atoms with Gasteiger partial charge >= 0.3 is 0 Å². The number of hydrogen-bond acceptors (Lipinski definition) is 5. The summed E-state index contributed by atoms with van der Waals surface area (Å²) in [5, 5.41) is 5.83. The minimum Gasteiger partial charge on any atom is -0.397 e. The van der Waals surface area contributed by atoms with Gasteiger partial charge in [0, 0.05) is 28.4 Å². The molecule has 6 heteroatoms. The van der Waals surface area contributed by atoms with E-state index >= 15 is 0 Å². The summed E-state index contributed by atoms with van der Waals surface area (Å²) in [5.41, 5.74) is 9.40. The van der Waals surface area contributed by atoms with Crippen molar-refractivity contribution < 1.29 is 4.79 Å². The van der Waals surface area contributed by atoms with Crippen LogP contribution in [0, 0.1) is 0 Å². The van der Waals surface area contributed by atoms with Crippen LogP contribution in [0.2, 0.25) is 0 Å². The van der Waals surface area contributed by atoms with Gasteiger partial charge in [-0.2, -0.15) is 0 Å². The number of fused-ring (bicyclic) bond motifs is 1. The normalized spacial score (nSPS) is 10.8. The summed E-state index contributed by atoms with van der Waals surface area (Å²) in [7, 11) is 0. The zero-order valence-electron chi connectivity index (χ0n) is 10.6. The van der Waals surface area contributed by atoms with Gasteiger partial charge in [0.1, 0.15) is 4.88 Å². The number of carbonyl (C=O) groups is 1. The summed E-state index contributed by atoms with van der Waals surface area (Å²) in [6.45, 7) is 0.566. The average molecular weight is 303 g/mol. The fourth-order valence-electron chi connectivity index (χ4n) is 1.98. The Morgan fingerprint density at radius 2 is 2.20 bits per heavy atom. The maximum Gasteiger partial charge on any atom is 0.263 e. The molecule has 0 aliphatic rings. The van der Waals surface area contributed by atoms with Crippen molar-refractivity contribution in [3.05, 3.63) is 45.7 Å². The van der Waals surface area contributed by atoms with Crippen molar-refractivity contribution in [2.75, 3.05) is 12.3 Å². The Kier molecular flexibility index (Phi) is 3.66. The van der Waals surface area contributed by atoms with Gasteiger partial charge in [-0.3, -0.25) is 4.79 Å². The van der Waals surface area contributed by atoms with E-state index in [2.05, 4.69) is 10.3 Å². The van der Waals surface area contributed by atoms with E-state index in [0.29, 0.717) is 17.1 Å². The predicted octanol–water partition coefficient (Wildman–Crippen LogP) is 2.91. The second kappa shape index (κ2) is 5.60. The number of hydrogen-bond donors (Lipinski definition) is 2. The van der Waals surface area contributed by atoms with E-state index in [1.807, 2.05) is 29.6 Å². The summed E-state index contributed by atoms with van der Waals surface area (Å²) in [4.78, 5) is 16.9. The van der Waals surface area contributed by atoms with Crippen LogP contribution in [0.15, 0.2) is 35.2 Å². The number of anilines is 1. The van der Waals surface area contributed by atoms with E-state index < -0.39 is 0 Å². The number of nitrogens with zero attached hydrogens (tertiary/aromatic N) is 1. The Morgan fingerprint density at radius 3 is 2.95 bits per heavy atom. The molecule has 0 unspecified atom stereocenters. The molecular weight excluding hydrogens is 290 g/mol. The molecule has 3 N–H and O–H groups in total. The SMILES string of the molecule is Nc1c(C(=O)NCCc2cscn2)sc2ccccc12. The van der Waals surface area contributed by atoms with Crippen LogP contribution in [-0.2, 0) is 6.42 Å². The summed E-state index contributed by atoms with van der Waals surface area (Å²) < 4.78 is 1.04. The second-order valence-corrected chi connectivity index (χ2v) is 6.10. The number of carbonyl (C=O) groups excluding carboxylic acids is 1. The molecular formula is C14H13N3OS2. The molecule has 0 radical (unpaired) electrons. The molecule has 102 valence electrons. The minimum atomic E-state index is -0.112. The number of thiophene rings is 1. The maximum atomic E-state index is 12.2.